The van der Waals surface area contributed by atoms with E-state index in [1.807, 2.05) is 6.20 Å². The maximum absolute atomic E-state index is 5.83. The SMILES string of the molecule is CCNC(=NCc1ccc(N2CC(C)OC(C)C2)nc1)N1CCC2(CCOC2)C1. The zero-order chi connectivity index (χ0) is 20.3. The Kier molecular flexibility index (Phi) is 6.25. The molecule has 160 valence electrons. The first-order valence-electron chi connectivity index (χ1n) is 11.0. The second-order valence-electron chi connectivity index (χ2n) is 8.83. The largest absolute Gasteiger partial charge is 0.381 e. The summed E-state index contributed by atoms with van der Waals surface area (Å²) in [5, 5.41) is 3.47. The molecule has 1 aromatic heterocycles. The summed E-state index contributed by atoms with van der Waals surface area (Å²) in [5.74, 6) is 2.03. The number of hydrogen-bond acceptors (Lipinski definition) is 5. The van der Waals surface area contributed by atoms with Crippen molar-refractivity contribution in [3.05, 3.63) is 23.9 Å². The van der Waals surface area contributed by atoms with E-state index in [-0.39, 0.29) is 12.2 Å². The highest BCUT2D eigenvalue weighted by Gasteiger charge is 2.42. The summed E-state index contributed by atoms with van der Waals surface area (Å²) in [7, 11) is 0. The van der Waals surface area contributed by atoms with Gasteiger partial charge in [0.2, 0.25) is 0 Å². The van der Waals surface area contributed by atoms with Crippen LogP contribution in [0.1, 0.15) is 39.2 Å². The molecule has 3 unspecified atom stereocenters. The van der Waals surface area contributed by atoms with Gasteiger partial charge in [-0.15, -0.1) is 0 Å². The second kappa shape index (κ2) is 8.88. The molecule has 1 spiro atoms. The number of aromatic nitrogens is 1. The molecule has 1 aromatic rings. The highest BCUT2D eigenvalue weighted by Crippen LogP contribution is 2.38. The third-order valence-corrected chi connectivity index (χ3v) is 6.22. The minimum absolute atomic E-state index is 0.238. The molecule has 4 rings (SSSR count). The summed E-state index contributed by atoms with van der Waals surface area (Å²) in [4.78, 5) is 14.3. The van der Waals surface area contributed by atoms with Gasteiger partial charge in [0.25, 0.3) is 0 Å². The Morgan fingerprint density at radius 1 is 1.28 bits per heavy atom. The lowest BCUT2D eigenvalue weighted by atomic mass is 9.87. The quantitative estimate of drug-likeness (QED) is 0.617. The maximum Gasteiger partial charge on any atom is 0.194 e. The third kappa shape index (κ3) is 4.83. The van der Waals surface area contributed by atoms with Gasteiger partial charge < -0.3 is 24.6 Å². The van der Waals surface area contributed by atoms with Crippen LogP contribution in [0, 0.1) is 5.41 Å². The molecule has 3 atom stereocenters. The van der Waals surface area contributed by atoms with Crippen LogP contribution < -0.4 is 10.2 Å². The second-order valence-corrected chi connectivity index (χ2v) is 8.83. The Bertz CT molecular complexity index is 692. The van der Waals surface area contributed by atoms with E-state index >= 15 is 0 Å². The highest BCUT2D eigenvalue weighted by molar-refractivity contribution is 5.80. The number of pyridine rings is 1. The van der Waals surface area contributed by atoms with Crippen molar-refractivity contribution in [1.82, 2.24) is 15.2 Å². The van der Waals surface area contributed by atoms with Gasteiger partial charge >= 0.3 is 0 Å². The molecule has 4 heterocycles. The fraction of sp³-hybridized carbons (Fsp3) is 0.727. The van der Waals surface area contributed by atoms with Crippen molar-refractivity contribution in [2.75, 3.05) is 50.8 Å². The van der Waals surface area contributed by atoms with Crippen molar-refractivity contribution in [2.24, 2.45) is 10.4 Å². The Labute approximate surface area is 174 Å². The maximum atomic E-state index is 5.83. The molecule has 0 radical (unpaired) electrons. The Balaban J connectivity index is 1.38. The van der Waals surface area contributed by atoms with Crippen LogP contribution in [0.4, 0.5) is 5.82 Å². The fourth-order valence-corrected chi connectivity index (χ4v) is 4.74. The molecular formula is C22H35N5O2. The average molecular weight is 402 g/mol. The van der Waals surface area contributed by atoms with Gasteiger partial charge in [0.1, 0.15) is 5.82 Å². The number of guanidine groups is 1. The summed E-state index contributed by atoms with van der Waals surface area (Å²) in [6.07, 6.45) is 4.81. The van der Waals surface area contributed by atoms with Crippen LogP contribution in [0.2, 0.25) is 0 Å². The molecule has 3 fully saturated rings. The van der Waals surface area contributed by atoms with Crippen LogP contribution in [-0.2, 0) is 16.0 Å². The molecule has 3 aliphatic heterocycles. The zero-order valence-corrected chi connectivity index (χ0v) is 18.1. The predicted molar refractivity (Wildman–Crippen MR) is 115 cm³/mol. The van der Waals surface area contributed by atoms with E-state index in [1.54, 1.807) is 0 Å². The van der Waals surface area contributed by atoms with Crippen molar-refractivity contribution in [2.45, 2.75) is 52.4 Å². The third-order valence-electron chi connectivity index (χ3n) is 6.22. The van der Waals surface area contributed by atoms with Crippen molar-refractivity contribution >= 4 is 11.8 Å². The number of nitrogens with zero attached hydrogens (tertiary/aromatic N) is 4. The van der Waals surface area contributed by atoms with Crippen molar-refractivity contribution in [1.29, 1.82) is 0 Å². The molecule has 3 saturated heterocycles. The van der Waals surface area contributed by atoms with Crippen LogP contribution >= 0.6 is 0 Å². The van der Waals surface area contributed by atoms with E-state index in [9.17, 15) is 0 Å². The van der Waals surface area contributed by atoms with E-state index in [0.717, 1.165) is 63.3 Å². The molecule has 7 heteroatoms. The van der Waals surface area contributed by atoms with Gasteiger partial charge in [-0.25, -0.2) is 9.98 Å². The molecular weight excluding hydrogens is 366 g/mol. The standard InChI is InChI=1S/C22H35N5O2/c1-4-23-21(26-9-7-22(15-26)8-10-28-16-22)25-12-19-5-6-20(24-11-19)27-13-17(2)29-18(3)14-27/h5-6,11,17-18H,4,7-10,12-16H2,1-3H3,(H,23,25). The van der Waals surface area contributed by atoms with Gasteiger partial charge in [0.15, 0.2) is 5.96 Å². The first kappa shape index (κ1) is 20.4. The van der Waals surface area contributed by atoms with Gasteiger partial charge in [-0.3, -0.25) is 0 Å². The van der Waals surface area contributed by atoms with Crippen molar-refractivity contribution in [3.63, 3.8) is 0 Å². The fourth-order valence-electron chi connectivity index (χ4n) is 4.74. The molecule has 0 amide bonds. The Hall–Kier alpha value is -1.86. The van der Waals surface area contributed by atoms with Gasteiger partial charge in [0.05, 0.1) is 25.4 Å². The lowest BCUT2D eigenvalue weighted by Gasteiger charge is -2.36. The number of anilines is 1. The van der Waals surface area contributed by atoms with Crippen LogP contribution in [0.3, 0.4) is 0 Å². The number of rotatable bonds is 4. The van der Waals surface area contributed by atoms with Gasteiger partial charge in [-0.1, -0.05) is 6.07 Å². The molecule has 0 aromatic carbocycles. The number of nitrogens with one attached hydrogen (secondary N) is 1. The normalized spacial score (nSPS) is 30.4. The summed E-state index contributed by atoms with van der Waals surface area (Å²) in [6.45, 7) is 13.6. The Morgan fingerprint density at radius 2 is 2.10 bits per heavy atom. The first-order valence-corrected chi connectivity index (χ1v) is 11.0. The highest BCUT2D eigenvalue weighted by atomic mass is 16.5. The number of aliphatic imine (C=N–C) groups is 1. The summed E-state index contributed by atoms with van der Waals surface area (Å²) in [5.41, 5.74) is 1.47. The van der Waals surface area contributed by atoms with E-state index in [1.165, 1.54) is 12.8 Å². The van der Waals surface area contributed by atoms with Gasteiger partial charge in [-0.2, -0.15) is 0 Å². The van der Waals surface area contributed by atoms with Crippen molar-refractivity contribution < 1.29 is 9.47 Å². The summed E-state index contributed by atoms with van der Waals surface area (Å²) in [6, 6.07) is 4.26. The molecule has 7 nitrogen and oxygen atoms in total. The van der Waals surface area contributed by atoms with Crippen LogP contribution in [0.5, 0.6) is 0 Å². The predicted octanol–water partition coefficient (Wildman–Crippen LogP) is 2.27. The van der Waals surface area contributed by atoms with Crippen LogP contribution in [0.15, 0.2) is 23.3 Å². The smallest absolute Gasteiger partial charge is 0.194 e. The van der Waals surface area contributed by atoms with Gasteiger partial charge in [-0.05, 0) is 45.2 Å². The average Bonchev–Trinajstić information content (AvgIpc) is 3.35. The lowest BCUT2D eigenvalue weighted by Crippen LogP contribution is -2.45. The topological polar surface area (TPSA) is 62.2 Å². The number of morpholine rings is 1. The monoisotopic (exact) mass is 401 g/mol. The van der Waals surface area contributed by atoms with Gasteiger partial charge in [0, 0.05) is 50.9 Å². The van der Waals surface area contributed by atoms with E-state index in [0.29, 0.717) is 12.0 Å². The minimum atomic E-state index is 0.238. The lowest BCUT2D eigenvalue weighted by molar-refractivity contribution is -0.00545. The number of ether oxygens (including phenoxy) is 2. The van der Waals surface area contributed by atoms with E-state index in [2.05, 4.69) is 48.0 Å². The molecule has 0 saturated carbocycles. The molecule has 1 N–H and O–H groups in total. The summed E-state index contributed by atoms with van der Waals surface area (Å²) < 4.78 is 11.5. The first-order chi connectivity index (χ1) is 14.1. The number of likely N-dealkylation sites (tertiary alicyclic amines) is 1. The van der Waals surface area contributed by atoms with Crippen molar-refractivity contribution in [3.8, 4) is 0 Å². The van der Waals surface area contributed by atoms with Crippen LogP contribution in [0.25, 0.3) is 0 Å². The van der Waals surface area contributed by atoms with E-state index < -0.39 is 0 Å². The molecule has 29 heavy (non-hydrogen) atoms. The van der Waals surface area contributed by atoms with Crippen LogP contribution in [-0.4, -0.2) is 74.0 Å². The Morgan fingerprint density at radius 3 is 2.76 bits per heavy atom. The van der Waals surface area contributed by atoms with E-state index in [4.69, 9.17) is 19.5 Å². The minimum Gasteiger partial charge on any atom is -0.381 e. The zero-order valence-electron chi connectivity index (χ0n) is 18.1. The number of hydrogen-bond donors (Lipinski definition) is 1. The molecule has 0 aliphatic carbocycles. The molecule has 0 bridgehead atoms. The molecule has 3 aliphatic rings. The summed E-state index contributed by atoms with van der Waals surface area (Å²) >= 11 is 0.